The van der Waals surface area contributed by atoms with Crippen LogP contribution in [0.5, 0.6) is 0 Å². The van der Waals surface area contributed by atoms with Gasteiger partial charge in [-0.1, -0.05) is 137 Å². The van der Waals surface area contributed by atoms with Crippen molar-refractivity contribution in [2.75, 3.05) is 39.3 Å². The molecule has 1 heterocycles. The maximum atomic E-state index is 2.83. The van der Waals surface area contributed by atoms with E-state index in [-0.39, 0.29) is 0 Å². The minimum absolute atomic E-state index is 0.925. The Morgan fingerprint density at radius 2 is 0.765 bits per heavy atom. The zero-order valence-corrected chi connectivity index (χ0v) is 24.4. The lowest BCUT2D eigenvalue weighted by molar-refractivity contribution is 0.0989. The topological polar surface area (TPSA) is 6.48 Å². The molecule has 2 heteroatoms. The van der Waals surface area contributed by atoms with Crippen molar-refractivity contribution in [1.82, 2.24) is 9.80 Å². The maximum Gasteiger partial charge on any atom is 0.0110 e. The van der Waals surface area contributed by atoms with E-state index in [1.165, 1.54) is 168 Å². The Labute approximate surface area is 217 Å². The van der Waals surface area contributed by atoms with Crippen LogP contribution in [0.15, 0.2) is 0 Å². The van der Waals surface area contributed by atoms with Crippen molar-refractivity contribution in [2.45, 2.75) is 156 Å². The van der Waals surface area contributed by atoms with Crippen LogP contribution in [0.2, 0.25) is 0 Å². The van der Waals surface area contributed by atoms with Gasteiger partial charge in [0, 0.05) is 39.3 Å². The van der Waals surface area contributed by atoms with Crippen molar-refractivity contribution >= 4 is 0 Å². The Hall–Kier alpha value is -0.0800. The predicted molar refractivity (Wildman–Crippen MR) is 155 cm³/mol. The van der Waals surface area contributed by atoms with Crippen molar-refractivity contribution in [3.63, 3.8) is 0 Å². The SMILES string of the molecule is CCCCCCCCCCC(CCCCCCCC)CN1CCN(CC(CC)CCCC)CC1. The Morgan fingerprint density at radius 1 is 0.412 bits per heavy atom. The standard InChI is InChI=1S/C32H66N2/c1-5-9-12-14-16-17-19-21-24-32(23-20-18-15-13-10-6-2)30-34-27-25-33(26-28-34)29-31(8-4)22-11-7-3/h31-32H,5-30H2,1-4H3. The van der Waals surface area contributed by atoms with E-state index < -0.39 is 0 Å². The lowest BCUT2D eigenvalue weighted by atomic mass is 9.93. The molecular formula is C32H66N2. The Kier molecular flexibility index (Phi) is 21.9. The average Bonchev–Trinajstić information content (AvgIpc) is 2.86. The number of piperazine rings is 1. The van der Waals surface area contributed by atoms with E-state index in [4.69, 9.17) is 0 Å². The molecule has 0 spiro atoms. The smallest absolute Gasteiger partial charge is 0.0110 e. The second-order valence-electron chi connectivity index (χ2n) is 11.7. The fourth-order valence-electron chi connectivity index (χ4n) is 5.91. The molecule has 1 aliphatic heterocycles. The zero-order chi connectivity index (χ0) is 24.7. The first kappa shape index (κ1) is 31.9. The van der Waals surface area contributed by atoms with Crippen molar-refractivity contribution in [1.29, 1.82) is 0 Å². The van der Waals surface area contributed by atoms with Gasteiger partial charge in [-0.2, -0.15) is 0 Å². The van der Waals surface area contributed by atoms with E-state index in [1.807, 2.05) is 0 Å². The highest BCUT2D eigenvalue weighted by molar-refractivity contribution is 4.77. The third-order valence-corrected chi connectivity index (χ3v) is 8.47. The number of unbranched alkanes of at least 4 members (excludes halogenated alkanes) is 13. The van der Waals surface area contributed by atoms with Crippen LogP contribution in [-0.4, -0.2) is 49.1 Å². The van der Waals surface area contributed by atoms with Gasteiger partial charge in [-0.05, 0) is 31.1 Å². The van der Waals surface area contributed by atoms with Crippen molar-refractivity contribution in [2.24, 2.45) is 11.8 Å². The highest BCUT2D eigenvalue weighted by Crippen LogP contribution is 2.22. The summed E-state index contributed by atoms with van der Waals surface area (Å²) in [6.07, 6.45) is 28.8. The zero-order valence-electron chi connectivity index (χ0n) is 24.4. The van der Waals surface area contributed by atoms with Crippen molar-refractivity contribution in [3.05, 3.63) is 0 Å². The first-order chi connectivity index (χ1) is 16.7. The molecule has 204 valence electrons. The molecule has 34 heavy (non-hydrogen) atoms. The second-order valence-corrected chi connectivity index (χ2v) is 11.7. The molecule has 2 atom stereocenters. The van der Waals surface area contributed by atoms with Crippen LogP contribution in [0.1, 0.15) is 156 Å². The van der Waals surface area contributed by atoms with E-state index in [0.717, 1.165) is 11.8 Å². The molecular weight excluding hydrogens is 412 g/mol. The lowest BCUT2D eigenvalue weighted by Crippen LogP contribution is -2.48. The van der Waals surface area contributed by atoms with Crippen LogP contribution in [0.4, 0.5) is 0 Å². The van der Waals surface area contributed by atoms with E-state index in [1.54, 1.807) is 0 Å². The molecule has 1 rings (SSSR count). The van der Waals surface area contributed by atoms with Gasteiger partial charge >= 0.3 is 0 Å². The predicted octanol–water partition coefficient (Wildman–Crippen LogP) is 9.72. The van der Waals surface area contributed by atoms with Gasteiger partial charge in [-0.25, -0.2) is 0 Å². The van der Waals surface area contributed by atoms with Gasteiger partial charge in [0.2, 0.25) is 0 Å². The van der Waals surface area contributed by atoms with E-state index in [9.17, 15) is 0 Å². The summed E-state index contributed by atoms with van der Waals surface area (Å²) < 4.78 is 0. The lowest BCUT2D eigenvalue weighted by Gasteiger charge is -2.38. The first-order valence-corrected chi connectivity index (χ1v) is 16.2. The molecule has 2 unspecified atom stereocenters. The molecule has 0 saturated carbocycles. The fraction of sp³-hybridized carbons (Fsp3) is 1.00. The Morgan fingerprint density at radius 3 is 1.18 bits per heavy atom. The van der Waals surface area contributed by atoms with E-state index in [2.05, 4.69) is 37.5 Å². The summed E-state index contributed by atoms with van der Waals surface area (Å²) in [5.74, 6) is 1.87. The summed E-state index contributed by atoms with van der Waals surface area (Å²) in [5, 5.41) is 0. The number of hydrogen-bond donors (Lipinski definition) is 0. The van der Waals surface area contributed by atoms with Gasteiger partial charge in [0.05, 0.1) is 0 Å². The van der Waals surface area contributed by atoms with Gasteiger partial charge in [0.25, 0.3) is 0 Å². The van der Waals surface area contributed by atoms with Crippen LogP contribution < -0.4 is 0 Å². The Balaban J connectivity index is 2.31. The van der Waals surface area contributed by atoms with Gasteiger partial charge < -0.3 is 9.80 Å². The molecule has 0 aromatic heterocycles. The van der Waals surface area contributed by atoms with Crippen molar-refractivity contribution < 1.29 is 0 Å². The molecule has 1 aliphatic rings. The molecule has 0 radical (unpaired) electrons. The fourth-order valence-corrected chi connectivity index (χ4v) is 5.91. The summed E-state index contributed by atoms with van der Waals surface area (Å²) in [6.45, 7) is 17.4. The molecule has 0 aromatic carbocycles. The van der Waals surface area contributed by atoms with Crippen LogP contribution in [0, 0.1) is 11.8 Å². The normalized spacial score (nSPS) is 17.3. The highest BCUT2D eigenvalue weighted by atomic mass is 15.3. The first-order valence-electron chi connectivity index (χ1n) is 16.2. The van der Waals surface area contributed by atoms with E-state index in [0.29, 0.717) is 0 Å². The van der Waals surface area contributed by atoms with E-state index >= 15 is 0 Å². The summed E-state index contributed by atoms with van der Waals surface area (Å²) in [6, 6.07) is 0. The van der Waals surface area contributed by atoms with Gasteiger partial charge in [-0.3, -0.25) is 0 Å². The minimum atomic E-state index is 0.925. The average molecular weight is 479 g/mol. The molecule has 0 aromatic rings. The molecule has 1 fully saturated rings. The molecule has 0 bridgehead atoms. The maximum absolute atomic E-state index is 2.83. The summed E-state index contributed by atoms with van der Waals surface area (Å²) in [4.78, 5) is 5.61. The van der Waals surface area contributed by atoms with Crippen LogP contribution >= 0.6 is 0 Å². The molecule has 2 nitrogen and oxygen atoms in total. The van der Waals surface area contributed by atoms with Crippen LogP contribution in [0.3, 0.4) is 0 Å². The monoisotopic (exact) mass is 479 g/mol. The summed E-state index contributed by atoms with van der Waals surface area (Å²) >= 11 is 0. The second kappa shape index (κ2) is 23.3. The molecule has 0 N–H and O–H groups in total. The minimum Gasteiger partial charge on any atom is -0.301 e. The highest BCUT2D eigenvalue weighted by Gasteiger charge is 2.21. The Bertz CT molecular complexity index is 402. The quantitative estimate of drug-likeness (QED) is 0.127. The molecule has 1 saturated heterocycles. The third-order valence-electron chi connectivity index (χ3n) is 8.47. The summed E-state index contributed by atoms with van der Waals surface area (Å²) in [7, 11) is 0. The summed E-state index contributed by atoms with van der Waals surface area (Å²) in [5.41, 5.74) is 0. The van der Waals surface area contributed by atoms with Crippen molar-refractivity contribution in [3.8, 4) is 0 Å². The number of rotatable bonds is 24. The van der Waals surface area contributed by atoms with Gasteiger partial charge in [-0.15, -0.1) is 0 Å². The number of hydrogen-bond acceptors (Lipinski definition) is 2. The molecule has 0 aliphatic carbocycles. The third kappa shape index (κ3) is 17.4. The largest absolute Gasteiger partial charge is 0.301 e. The molecule has 0 amide bonds. The van der Waals surface area contributed by atoms with Gasteiger partial charge in [0.15, 0.2) is 0 Å². The van der Waals surface area contributed by atoms with Gasteiger partial charge in [0.1, 0.15) is 0 Å². The van der Waals surface area contributed by atoms with Crippen LogP contribution in [0.25, 0.3) is 0 Å². The number of nitrogens with zero attached hydrogens (tertiary/aromatic N) is 2. The van der Waals surface area contributed by atoms with Crippen LogP contribution in [-0.2, 0) is 0 Å².